The van der Waals surface area contributed by atoms with Gasteiger partial charge in [0.25, 0.3) is 6.71 Å². The number of benzene rings is 7. The van der Waals surface area contributed by atoms with E-state index in [4.69, 9.17) is 8.83 Å². The second-order valence-corrected chi connectivity index (χ2v) is 25.0. The molecule has 2 aliphatic heterocycles. The predicted octanol–water partition coefficient (Wildman–Crippen LogP) is 18.0. The highest BCUT2D eigenvalue weighted by molar-refractivity contribution is 7.29. The van der Waals surface area contributed by atoms with E-state index < -0.39 is 0 Å². The molecule has 11 aromatic rings. The zero-order chi connectivity index (χ0) is 49.9. The fraction of sp³-hybridized carbons (Fsp3) is 0.231. The maximum Gasteiger partial charge on any atom is 0.256 e. The lowest BCUT2D eigenvalue weighted by Crippen LogP contribution is -2.60. The van der Waals surface area contributed by atoms with Crippen LogP contribution in [0.3, 0.4) is 0 Å². The number of para-hydroxylation sites is 2. The largest absolute Gasteiger partial charge is 0.456 e. The van der Waals surface area contributed by atoms with E-state index in [0.717, 1.165) is 44.6 Å². The maximum atomic E-state index is 6.68. The summed E-state index contributed by atoms with van der Waals surface area (Å²) in [5.74, 6) is 2.04. The monoisotopic (exact) mass is 974 g/mol. The van der Waals surface area contributed by atoms with Crippen molar-refractivity contribution in [2.45, 2.75) is 99.8 Å². The Bertz CT molecular complexity index is 3750. The first kappa shape index (κ1) is 45.1. The molecule has 0 saturated carbocycles. The Morgan fingerprint density at radius 2 is 0.917 bits per heavy atom. The average molecular weight is 975 g/mol. The number of aryl methyl sites for hydroxylation is 2. The van der Waals surface area contributed by atoms with Crippen molar-refractivity contribution >= 4 is 121 Å². The molecule has 6 heterocycles. The number of anilines is 6. The van der Waals surface area contributed by atoms with Crippen molar-refractivity contribution in [1.29, 1.82) is 0 Å². The van der Waals surface area contributed by atoms with E-state index >= 15 is 0 Å². The van der Waals surface area contributed by atoms with Crippen molar-refractivity contribution in [3.05, 3.63) is 172 Å². The molecule has 0 fully saturated rings. The number of nitrogens with zero attached hydrogens (tertiary/aromatic N) is 2. The molecular formula is C65H59BN2O2S2. The van der Waals surface area contributed by atoms with Gasteiger partial charge in [0.1, 0.15) is 22.7 Å². The highest BCUT2D eigenvalue weighted by Gasteiger charge is 2.48. The third kappa shape index (κ3) is 6.69. The number of hydrogen-bond donors (Lipinski definition) is 0. The van der Waals surface area contributed by atoms with Gasteiger partial charge in [0, 0.05) is 42.7 Å². The van der Waals surface area contributed by atoms with Gasteiger partial charge in [-0.2, -0.15) is 0 Å². The van der Waals surface area contributed by atoms with Gasteiger partial charge in [-0.1, -0.05) is 140 Å². The van der Waals surface area contributed by atoms with E-state index in [2.05, 4.69) is 226 Å². The first-order valence-corrected chi connectivity index (χ1v) is 27.2. The van der Waals surface area contributed by atoms with Gasteiger partial charge in [0.2, 0.25) is 0 Å². The van der Waals surface area contributed by atoms with Gasteiger partial charge in [-0.15, -0.1) is 22.7 Å². The highest BCUT2D eigenvalue weighted by Crippen LogP contribution is 2.54. The smallest absolute Gasteiger partial charge is 0.256 e. The van der Waals surface area contributed by atoms with Crippen molar-refractivity contribution in [3.63, 3.8) is 0 Å². The fourth-order valence-electron chi connectivity index (χ4n) is 11.9. The van der Waals surface area contributed by atoms with E-state index in [1.54, 1.807) is 0 Å². The summed E-state index contributed by atoms with van der Waals surface area (Å²) >= 11 is 3.89. The predicted molar refractivity (Wildman–Crippen MR) is 312 cm³/mol. The molecule has 0 aliphatic carbocycles. The van der Waals surface area contributed by atoms with Gasteiger partial charge < -0.3 is 18.6 Å². The first-order valence-electron chi connectivity index (χ1n) is 25.5. The number of furan rings is 2. The van der Waals surface area contributed by atoms with Crippen molar-refractivity contribution in [3.8, 4) is 22.6 Å². The van der Waals surface area contributed by atoms with E-state index in [1.807, 2.05) is 22.7 Å². The summed E-state index contributed by atoms with van der Waals surface area (Å²) in [5, 5.41) is 7.49. The molecule has 7 heteroatoms. The zero-order valence-corrected chi connectivity index (χ0v) is 45.0. The van der Waals surface area contributed by atoms with E-state index in [0.29, 0.717) is 0 Å². The van der Waals surface area contributed by atoms with Crippen LogP contribution >= 0.6 is 22.7 Å². The van der Waals surface area contributed by atoms with Gasteiger partial charge in [0.15, 0.2) is 0 Å². The van der Waals surface area contributed by atoms with E-state index in [9.17, 15) is 0 Å². The van der Waals surface area contributed by atoms with Gasteiger partial charge in [0.05, 0.1) is 21.4 Å². The van der Waals surface area contributed by atoms with Gasteiger partial charge in [-0.05, 0) is 159 Å². The minimum atomic E-state index is -0.0417. The normalized spacial score (nSPS) is 13.6. The zero-order valence-electron chi connectivity index (χ0n) is 43.4. The SMILES string of the molecule is Cc1ccc(-c2cc3ccccc3o2)c(C)c1N1c2cc(C(C)C)cc3c2B(c2c1sc1ccc(C(C)(C)C)cc21)c1c(sc2ccc(C(C)(C)C)cc12)N3c1c(C)ccc(-c2cc3ccccc3o2)c1C. The Labute approximate surface area is 431 Å². The highest BCUT2D eigenvalue weighted by atomic mass is 32.1. The Hall–Kier alpha value is -6.80. The third-order valence-corrected chi connectivity index (χ3v) is 18.2. The van der Waals surface area contributed by atoms with Crippen molar-refractivity contribution in [2.24, 2.45) is 0 Å². The maximum absolute atomic E-state index is 6.68. The van der Waals surface area contributed by atoms with Crippen LogP contribution in [0.25, 0.3) is 64.8 Å². The molecular weight excluding hydrogens is 916 g/mol. The lowest BCUT2D eigenvalue weighted by molar-refractivity contribution is 0.591. The van der Waals surface area contributed by atoms with Crippen LogP contribution < -0.4 is 26.2 Å². The Kier molecular flexibility index (Phi) is 9.93. The molecule has 0 unspecified atom stereocenters. The van der Waals surface area contributed by atoms with Gasteiger partial charge >= 0.3 is 0 Å². The minimum Gasteiger partial charge on any atom is -0.456 e. The Morgan fingerprint density at radius 1 is 0.486 bits per heavy atom. The van der Waals surface area contributed by atoms with Crippen LogP contribution in [0.4, 0.5) is 32.8 Å². The van der Waals surface area contributed by atoms with Crippen molar-refractivity contribution in [2.75, 3.05) is 9.80 Å². The summed E-state index contributed by atoms with van der Waals surface area (Å²) in [4.78, 5) is 5.36. The van der Waals surface area contributed by atoms with Gasteiger partial charge in [-0.3, -0.25) is 0 Å². The standard InChI is InChI=1S/C65H59BN2O2S2/c1-35(2)42-29-49-59-50(30-42)68(61-37(4)22-26-46(39(61)6)54-32-41-18-14-16-20-52(41)70-54)63-58(48-34-44(65(10,11)12)24-28-56(48)72-63)66(59)57-47-33-43(64(7,8)9)23-27-55(47)71-62(57)67(49)60-36(3)21-25-45(38(60)5)53-31-40-17-13-15-19-51(40)69-53/h13-35H,1-12H3. The molecule has 0 amide bonds. The molecule has 4 aromatic heterocycles. The minimum absolute atomic E-state index is 0.0359. The molecule has 0 bridgehead atoms. The quantitative estimate of drug-likeness (QED) is 0.161. The van der Waals surface area contributed by atoms with Crippen molar-refractivity contribution in [1.82, 2.24) is 0 Å². The summed E-state index contributed by atoms with van der Waals surface area (Å²) < 4.78 is 16.0. The number of thiophene rings is 2. The Morgan fingerprint density at radius 3 is 1.32 bits per heavy atom. The average Bonchev–Trinajstić information content (AvgIpc) is 4.14. The first-order chi connectivity index (χ1) is 34.4. The molecule has 0 N–H and O–H groups in total. The van der Waals surface area contributed by atoms with Crippen LogP contribution in [0, 0.1) is 27.7 Å². The molecule has 2 aliphatic rings. The molecule has 0 atom stereocenters. The van der Waals surface area contributed by atoms with Crippen LogP contribution in [-0.4, -0.2) is 6.71 Å². The number of hydrogen-bond acceptors (Lipinski definition) is 6. The third-order valence-electron chi connectivity index (χ3n) is 15.8. The van der Waals surface area contributed by atoms with Crippen molar-refractivity contribution < 1.29 is 8.83 Å². The molecule has 0 saturated heterocycles. The van der Waals surface area contributed by atoms with Crippen LogP contribution in [-0.2, 0) is 10.8 Å². The lowest BCUT2D eigenvalue weighted by Gasteiger charge is -2.44. The summed E-state index contributed by atoms with van der Waals surface area (Å²) in [7, 11) is 0. The second kappa shape index (κ2) is 15.9. The molecule has 7 aromatic carbocycles. The molecule has 356 valence electrons. The van der Waals surface area contributed by atoms with E-state index in [-0.39, 0.29) is 23.5 Å². The lowest BCUT2D eigenvalue weighted by atomic mass is 9.33. The van der Waals surface area contributed by atoms with Crippen LogP contribution in [0.2, 0.25) is 0 Å². The van der Waals surface area contributed by atoms with Crippen LogP contribution in [0.1, 0.15) is 100 Å². The molecule has 0 radical (unpaired) electrons. The molecule has 4 nitrogen and oxygen atoms in total. The summed E-state index contributed by atoms with van der Waals surface area (Å²) in [5.41, 5.74) is 21.8. The molecule has 0 spiro atoms. The fourth-order valence-corrected chi connectivity index (χ4v) is 14.4. The van der Waals surface area contributed by atoms with Crippen LogP contribution in [0.15, 0.2) is 142 Å². The Balaban J connectivity index is 1.18. The molecule has 13 rings (SSSR count). The number of rotatable bonds is 5. The molecule has 72 heavy (non-hydrogen) atoms. The number of fused-ring (bicyclic) bond motifs is 10. The van der Waals surface area contributed by atoms with Crippen LogP contribution in [0.5, 0.6) is 0 Å². The van der Waals surface area contributed by atoms with E-state index in [1.165, 1.54) is 108 Å². The second-order valence-electron chi connectivity index (χ2n) is 22.9. The summed E-state index contributed by atoms with van der Waals surface area (Å²) in [6, 6.07) is 50.0. The van der Waals surface area contributed by atoms with Gasteiger partial charge in [-0.25, -0.2) is 0 Å². The topological polar surface area (TPSA) is 32.8 Å². The summed E-state index contributed by atoms with van der Waals surface area (Å²) in [6.45, 7) is 27.9. The summed E-state index contributed by atoms with van der Waals surface area (Å²) in [6.07, 6.45) is 0.